The third-order valence-corrected chi connectivity index (χ3v) is 1.34. The van der Waals surface area contributed by atoms with Crippen LogP contribution in [0, 0.1) is 0 Å². The van der Waals surface area contributed by atoms with Gasteiger partial charge in [0.05, 0.1) is 0 Å². The molecule has 1 unspecified atom stereocenters. The summed E-state index contributed by atoms with van der Waals surface area (Å²) in [7, 11) is 0. The zero-order chi connectivity index (χ0) is 5.91. The molecule has 4 heteroatoms. The Labute approximate surface area is 47.0 Å². The predicted molar refractivity (Wildman–Crippen MR) is 30.5 cm³/mol. The van der Waals surface area contributed by atoms with Gasteiger partial charge in [-0.05, 0) is 18.2 Å². The number of halogens is 1. The SMILES string of the molecule is CC=CP(=O)(O)Cl. The van der Waals surface area contributed by atoms with E-state index in [9.17, 15) is 4.57 Å². The Kier molecular flexibility index (Phi) is 2.59. The van der Waals surface area contributed by atoms with E-state index in [1.165, 1.54) is 6.08 Å². The van der Waals surface area contributed by atoms with Crippen LogP contribution in [0.3, 0.4) is 0 Å². The van der Waals surface area contributed by atoms with E-state index in [-0.39, 0.29) is 0 Å². The molecule has 0 spiro atoms. The first-order chi connectivity index (χ1) is 3.06. The van der Waals surface area contributed by atoms with E-state index in [1.54, 1.807) is 6.92 Å². The van der Waals surface area contributed by atoms with Crippen LogP contribution < -0.4 is 0 Å². The van der Waals surface area contributed by atoms with Gasteiger partial charge in [0, 0.05) is 5.82 Å². The van der Waals surface area contributed by atoms with Gasteiger partial charge in [-0.15, -0.1) is 0 Å². The van der Waals surface area contributed by atoms with Crippen LogP contribution in [0.1, 0.15) is 6.92 Å². The van der Waals surface area contributed by atoms with Gasteiger partial charge in [-0.1, -0.05) is 6.08 Å². The molecule has 7 heavy (non-hydrogen) atoms. The topological polar surface area (TPSA) is 37.3 Å². The summed E-state index contributed by atoms with van der Waals surface area (Å²) in [6.45, 7) is -1.74. The van der Waals surface area contributed by atoms with Crippen molar-refractivity contribution < 1.29 is 9.46 Å². The van der Waals surface area contributed by atoms with Gasteiger partial charge in [-0.3, -0.25) is 4.57 Å². The molecule has 0 bridgehead atoms. The van der Waals surface area contributed by atoms with Gasteiger partial charge in [0.1, 0.15) is 0 Å². The highest BCUT2D eigenvalue weighted by Gasteiger charge is 2.03. The lowest BCUT2D eigenvalue weighted by Gasteiger charge is -1.87. The molecule has 0 fully saturated rings. The highest BCUT2D eigenvalue weighted by atomic mass is 35.7. The molecule has 0 aromatic heterocycles. The largest absolute Gasteiger partial charge is 0.330 e. The van der Waals surface area contributed by atoms with E-state index < -0.39 is 6.72 Å². The number of rotatable bonds is 1. The summed E-state index contributed by atoms with van der Waals surface area (Å²) in [5, 5.41) is 0. The van der Waals surface area contributed by atoms with E-state index in [4.69, 9.17) is 16.1 Å². The van der Waals surface area contributed by atoms with Crippen molar-refractivity contribution in [2.24, 2.45) is 0 Å². The highest BCUT2D eigenvalue weighted by Crippen LogP contribution is 2.47. The van der Waals surface area contributed by atoms with Crippen LogP contribution in [0.15, 0.2) is 11.9 Å². The third-order valence-electron chi connectivity index (χ3n) is 0.333. The van der Waals surface area contributed by atoms with Crippen molar-refractivity contribution in [1.29, 1.82) is 0 Å². The maximum absolute atomic E-state index is 10.0. The van der Waals surface area contributed by atoms with Gasteiger partial charge in [-0.2, -0.15) is 0 Å². The van der Waals surface area contributed by atoms with Crippen molar-refractivity contribution in [2.45, 2.75) is 6.92 Å². The molecular weight excluding hydrogens is 134 g/mol. The average molecular weight is 141 g/mol. The fourth-order valence-electron chi connectivity index (χ4n) is 0.184. The Morgan fingerprint density at radius 2 is 2.29 bits per heavy atom. The molecule has 1 atom stereocenters. The summed E-state index contributed by atoms with van der Waals surface area (Å²) in [6.07, 6.45) is 1.44. The zero-order valence-electron chi connectivity index (χ0n) is 3.84. The molecule has 0 aliphatic carbocycles. The standard InChI is InChI=1S/C3H6ClO2P/c1-2-3-7(4,5)6/h2-3H,1H3,(H,5,6). The molecule has 0 aromatic rings. The normalized spacial score (nSPS) is 19.9. The molecule has 0 saturated heterocycles. The van der Waals surface area contributed by atoms with Crippen molar-refractivity contribution in [3.63, 3.8) is 0 Å². The first kappa shape index (κ1) is 7.22. The lowest BCUT2D eigenvalue weighted by atomic mass is 10.8. The second-order valence-corrected chi connectivity index (χ2v) is 3.87. The Morgan fingerprint density at radius 3 is 2.29 bits per heavy atom. The zero-order valence-corrected chi connectivity index (χ0v) is 5.49. The summed E-state index contributed by atoms with van der Waals surface area (Å²) in [5.74, 6) is 1.06. The molecule has 0 aliphatic heterocycles. The maximum atomic E-state index is 10.0. The van der Waals surface area contributed by atoms with Crippen LogP contribution in [0.25, 0.3) is 0 Å². The molecule has 42 valence electrons. The molecular formula is C3H6ClO2P. The maximum Gasteiger partial charge on any atom is 0.309 e. The molecule has 0 saturated carbocycles. The average Bonchev–Trinajstić information content (AvgIpc) is 1.30. The van der Waals surface area contributed by atoms with Crippen molar-refractivity contribution >= 4 is 18.0 Å². The number of hydrogen-bond donors (Lipinski definition) is 1. The van der Waals surface area contributed by atoms with E-state index in [1.807, 2.05) is 0 Å². The van der Waals surface area contributed by atoms with Crippen molar-refractivity contribution in [3.05, 3.63) is 11.9 Å². The third kappa shape index (κ3) is 6.22. The van der Waals surface area contributed by atoms with Gasteiger partial charge in [0.15, 0.2) is 0 Å². The van der Waals surface area contributed by atoms with E-state index in [0.29, 0.717) is 0 Å². The van der Waals surface area contributed by atoms with Crippen LogP contribution in [-0.4, -0.2) is 4.89 Å². The second-order valence-electron chi connectivity index (χ2n) is 1.03. The Morgan fingerprint density at radius 1 is 1.86 bits per heavy atom. The highest BCUT2D eigenvalue weighted by molar-refractivity contribution is 7.87. The van der Waals surface area contributed by atoms with Crippen LogP contribution in [0.4, 0.5) is 0 Å². The predicted octanol–water partition coefficient (Wildman–Crippen LogP) is 1.94. The second kappa shape index (κ2) is 2.51. The van der Waals surface area contributed by atoms with Crippen molar-refractivity contribution in [1.82, 2.24) is 0 Å². The van der Waals surface area contributed by atoms with Crippen LogP contribution in [-0.2, 0) is 4.57 Å². The van der Waals surface area contributed by atoms with Crippen LogP contribution in [0.2, 0.25) is 0 Å². The quantitative estimate of drug-likeness (QED) is 0.565. The molecule has 1 N–H and O–H groups in total. The lowest BCUT2D eigenvalue weighted by molar-refractivity contribution is 0.505. The summed E-state index contributed by atoms with van der Waals surface area (Å²) in [6, 6.07) is 0. The van der Waals surface area contributed by atoms with Gasteiger partial charge in [0.2, 0.25) is 0 Å². The summed E-state index contributed by atoms with van der Waals surface area (Å²) < 4.78 is 10.0. The van der Waals surface area contributed by atoms with Gasteiger partial charge in [0.25, 0.3) is 0 Å². The summed E-state index contributed by atoms with van der Waals surface area (Å²) in [5.41, 5.74) is 0. The fourth-order valence-corrected chi connectivity index (χ4v) is 0.890. The molecule has 0 amide bonds. The van der Waals surface area contributed by atoms with Gasteiger partial charge >= 0.3 is 6.72 Å². The van der Waals surface area contributed by atoms with Crippen LogP contribution in [0.5, 0.6) is 0 Å². The van der Waals surface area contributed by atoms with E-state index in [2.05, 4.69) is 0 Å². The molecule has 2 nitrogen and oxygen atoms in total. The van der Waals surface area contributed by atoms with Gasteiger partial charge < -0.3 is 4.89 Å². The molecule has 0 aliphatic rings. The smallest absolute Gasteiger partial charge is 0.309 e. The van der Waals surface area contributed by atoms with Gasteiger partial charge in [-0.25, -0.2) is 0 Å². The first-order valence-corrected chi connectivity index (χ1v) is 4.35. The van der Waals surface area contributed by atoms with E-state index >= 15 is 0 Å². The first-order valence-electron chi connectivity index (χ1n) is 1.72. The Hall–Kier alpha value is 0.220. The molecule has 0 aromatic carbocycles. The molecule has 0 rings (SSSR count). The monoisotopic (exact) mass is 140 g/mol. The molecule has 0 heterocycles. The minimum atomic E-state index is -3.37. The summed E-state index contributed by atoms with van der Waals surface area (Å²) >= 11 is 4.86. The minimum Gasteiger partial charge on any atom is -0.330 e. The van der Waals surface area contributed by atoms with E-state index in [0.717, 1.165) is 5.82 Å². The Bertz CT molecular complexity index is 114. The fraction of sp³-hybridized carbons (Fsp3) is 0.333. The van der Waals surface area contributed by atoms with Crippen molar-refractivity contribution in [3.8, 4) is 0 Å². The van der Waals surface area contributed by atoms with Crippen LogP contribution >= 0.6 is 18.0 Å². The minimum absolute atomic E-state index is 1.06. The summed E-state index contributed by atoms with van der Waals surface area (Å²) in [4.78, 5) is 8.25. The number of allylic oxidation sites excluding steroid dienone is 1. The van der Waals surface area contributed by atoms with Crippen molar-refractivity contribution in [2.75, 3.05) is 0 Å². The number of hydrogen-bond acceptors (Lipinski definition) is 1. The Balaban J connectivity index is 3.82. The molecule has 0 radical (unpaired) electrons. The lowest BCUT2D eigenvalue weighted by Crippen LogP contribution is -1.54.